The Morgan fingerprint density at radius 1 is 1.60 bits per heavy atom. The number of rotatable bonds is 3. The van der Waals surface area contributed by atoms with Crippen LogP contribution in [0.1, 0.15) is 31.0 Å². The fourth-order valence-electron chi connectivity index (χ4n) is 3.28. The maximum absolute atomic E-state index is 6.27. The summed E-state index contributed by atoms with van der Waals surface area (Å²) in [4.78, 5) is 4.42. The van der Waals surface area contributed by atoms with Gasteiger partial charge in [-0.2, -0.15) is 11.8 Å². The van der Waals surface area contributed by atoms with Crippen molar-refractivity contribution in [3.63, 3.8) is 0 Å². The second-order valence-electron chi connectivity index (χ2n) is 5.60. The van der Waals surface area contributed by atoms with Gasteiger partial charge in [0.25, 0.3) is 0 Å². The third-order valence-electron chi connectivity index (χ3n) is 4.33. The molecule has 1 spiro atoms. The number of ether oxygens (including phenoxy) is 1. The summed E-state index contributed by atoms with van der Waals surface area (Å²) in [5, 5.41) is 0.678. The van der Waals surface area contributed by atoms with E-state index < -0.39 is 0 Å². The molecule has 0 amide bonds. The molecule has 3 heterocycles. The Bertz CT molecular complexity index is 467. The van der Waals surface area contributed by atoms with Gasteiger partial charge in [0.1, 0.15) is 0 Å². The van der Waals surface area contributed by atoms with Gasteiger partial charge in [0.05, 0.1) is 22.4 Å². The van der Waals surface area contributed by atoms with Crippen LogP contribution >= 0.6 is 23.4 Å². The molecule has 0 bridgehead atoms. The zero-order chi connectivity index (χ0) is 14.0. The summed E-state index contributed by atoms with van der Waals surface area (Å²) in [7, 11) is 0. The zero-order valence-electron chi connectivity index (χ0n) is 11.3. The van der Waals surface area contributed by atoms with Crippen molar-refractivity contribution in [2.75, 3.05) is 18.1 Å². The minimum atomic E-state index is -0.00456. The Balaban J connectivity index is 1.81. The molecule has 3 rings (SSSR count). The predicted molar refractivity (Wildman–Crippen MR) is 82.7 cm³/mol. The summed E-state index contributed by atoms with van der Waals surface area (Å²) in [5.74, 6) is 8.50. The maximum Gasteiger partial charge on any atom is 0.0783 e. The molecule has 2 aliphatic heterocycles. The second-order valence-corrected chi connectivity index (χ2v) is 7.11. The number of pyridine rings is 1. The fourth-order valence-corrected chi connectivity index (χ4v) is 4.90. The van der Waals surface area contributed by atoms with Crippen LogP contribution in [-0.2, 0) is 4.74 Å². The lowest BCUT2D eigenvalue weighted by Gasteiger charge is -2.40. The van der Waals surface area contributed by atoms with E-state index >= 15 is 0 Å². The van der Waals surface area contributed by atoms with Gasteiger partial charge in [-0.3, -0.25) is 16.3 Å². The average molecular weight is 314 g/mol. The van der Waals surface area contributed by atoms with Gasteiger partial charge in [0.2, 0.25) is 0 Å². The highest BCUT2D eigenvalue weighted by Gasteiger charge is 2.43. The van der Waals surface area contributed by atoms with Crippen molar-refractivity contribution in [3.8, 4) is 0 Å². The fraction of sp³-hybridized carbons (Fsp3) is 0.643. The number of nitrogens with one attached hydrogen (secondary N) is 1. The third kappa shape index (κ3) is 2.83. The van der Waals surface area contributed by atoms with E-state index in [-0.39, 0.29) is 11.6 Å². The molecule has 0 radical (unpaired) electrons. The van der Waals surface area contributed by atoms with Crippen LogP contribution in [0, 0.1) is 5.92 Å². The molecule has 3 unspecified atom stereocenters. The quantitative estimate of drug-likeness (QED) is 0.663. The molecule has 0 aliphatic carbocycles. The van der Waals surface area contributed by atoms with Crippen LogP contribution < -0.4 is 11.3 Å². The monoisotopic (exact) mass is 313 g/mol. The SMILES string of the molecule is NNC(c1ncccc1Cl)C1CCOC2(CCSC2)C1. The van der Waals surface area contributed by atoms with E-state index in [1.165, 1.54) is 5.75 Å². The van der Waals surface area contributed by atoms with Gasteiger partial charge in [0.15, 0.2) is 0 Å². The van der Waals surface area contributed by atoms with Crippen molar-refractivity contribution in [1.29, 1.82) is 0 Å². The number of aromatic nitrogens is 1. The van der Waals surface area contributed by atoms with Crippen molar-refractivity contribution in [2.24, 2.45) is 11.8 Å². The molecule has 3 N–H and O–H groups in total. The number of hydrogen-bond donors (Lipinski definition) is 2. The van der Waals surface area contributed by atoms with Gasteiger partial charge in [-0.05, 0) is 43.1 Å². The molecule has 0 saturated carbocycles. The van der Waals surface area contributed by atoms with Crippen molar-refractivity contribution in [2.45, 2.75) is 30.9 Å². The van der Waals surface area contributed by atoms with Gasteiger partial charge in [-0.25, -0.2) is 0 Å². The van der Waals surface area contributed by atoms with Gasteiger partial charge in [0, 0.05) is 18.6 Å². The summed E-state index contributed by atoms with van der Waals surface area (Å²) in [6, 6.07) is 3.71. The van der Waals surface area contributed by atoms with Crippen molar-refractivity contribution < 1.29 is 4.74 Å². The van der Waals surface area contributed by atoms with Gasteiger partial charge >= 0.3 is 0 Å². The molecule has 0 aromatic carbocycles. The van der Waals surface area contributed by atoms with E-state index in [1.54, 1.807) is 6.20 Å². The molecular weight excluding hydrogens is 294 g/mol. The van der Waals surface area contributed by atoms with Crippen molar-refractivity contribution in [3.05, 3.63) is 29.0 Å². The summed E-state index contributed by atoms with van der Waals surface area (Å²) >= 11 is 8.26. The maximum atomic E-state index is 6.27. The molecule has 4 nitrogen and oxygen atoms in total. The Labute approximate surface area is 128 Å². The number of halogens is 1. The van der Waals surface area contributed by atoms with Crippen molar-refractivity contribution >= 4 is 23.4 Å². The van der Waals surface area contributed by atoms with Crippen LogP contribution in [0.2, 0.25) is 5.02 Å². The Kier molecular flexibility index (Phi) is 4.52. The number of thioether (sulfide) groups is 1. The molecule has 1 aromatic heterocycles. The smallest absolute Gasteiger partial charge is 0.0783 e. The topological polar surface area (TPSA) is 60.2 Å². The first kappa shape index (κ1) is 14.6. The molecule has 6 heteroatoms. The minimum absolute atomic E-state index is 0.00456. The summed E-state index contributed by atoms with van der Waals surface area (Å²) in [6.07, 6.45) is 4.93. The summed E-state index contributed by atoms with van der Waals surface area (Å²) in [5.41, 5.74) is 3.82. The van der Waals surface area contributed by atoms with Gasteiger partial charge in [-0.1, -0.05) is 11.6 Å². The highest BCUT2D eigenvalue weighted by molar-refractivity contribution is 7.99. The highest BCUT2D eigenvalue weighted by atomic mass is 35.5. The lowest BCUT2D eigenvalue weighted by Crippen LogP contribution is -2.45. The minimum Gasteiger partial charge on any atom is -0.374 e. The van der Waals surface area contributed by atoms with Crippen molar-refractivity contribution in [1.82, 2.24) is 10.4 Å². The van der Waals surface area contributed by atoms with Gasteiger partial charge < -0.3 is 4.74 Å². The Hall–Kier alpha value is -0.330. The number of nitrogens with zero attached hydrogens (tertiary/aromatic N) is 1. The third-order valence-corrected chi connectivity index (χ3v) is 5.87. The normalized spacial score (nSPS) is 31.6. The lowest BCUT2D eigenvalue weighted by molar-refractivity contribution is -0.0856. The van der Waals surface area contributed by atoms with Crippen LogP contribution in [0.5, 0.6) is 0 Å². The highest BCUT2D eigenvalue weighted by Crippen LogP contribution is 2.44. The first-order chi connectivity index (χ1) is 9.74. The molecule has 2 saturated heterocycles. The molecule has 20 heavy (non-hydrogen) atoms. The van der Waals surface area contributed by atoms with E-state index in [0.29, 0.717) is 10.9 Å². The van der Waals surface area contributed by atoms with E-state index in [9.17, 15) is 0 Å². The van der Waals surface area contributed by atoms with E-state index in [2.05, 4.69) is 10.4 Å². The number of hydrogen-bond acceptors (Lipinski definition) is 5. The Morgan fingerprint density at radius 3 is 3.20 bits per heavy atom. The lowest BCUT2D eigenvalue weighted by atomic mass is 9.80. The average Bonchev–Trinajstić information content (AvgIpc) is 2.90. The summed E-state index contributed by atoms with van der Waals surface area (Å²) in [6.45, 7) is 0.799. The molecular formula is C14H20ClN3OS. The van der Waals surface area contributed by atoms with Crippen LogP contribution in [0.3, 0.4) is 0 Å². The molecule has 1 aromatic rings. The first-order valence-electron chi connectivity index (χ1n) is 7.02. The van der Waals surface area contributed by atoms with Gasteiger partial charge in [-0.15, -0.1) is 0 Å². The van der Waals surface area contributed by atoms with Crippen LogP contribution in [0.25, 0.3) is 0 Å². The first-order valence-corrected chi connectivity index (χ1v) is 8.56. The Morgan fingerprint density at radius 2 is 2.50 bits per heavy atom. The largest absolute Gasteiger partial charge is 0.374 e. The van der Waals surface area contributed by atoms with E-state index in [4.69, 9.17) is 22.2 Å². The molecule has 3 atom stereocenters. The molecule has 110 valence electrons. The predicted octanol–water partition coefficient (Wildman–Crippen LogP) is 2.54. The van der Waals surface area contributed by atoms with Crippen LogP contribution in [0.15, 0.2) is 18.3 Å². The molecule has 2 aliphatic rings. The summed E-state index contributed by atoms with van der Waals surface area (Å²) < 4.78 is 6.07. The second kappa shape index (κ2) is 6.20. The molecule has 2 fully saturated rings. The van der Waals surface area contributed by atoms with E-state index in [0.717, 1.165) is 37.3 Å². The standard InChI is InChI=1S/C14H20ClN3OS/c15-11-2-1-5-17-13(11)12(18-16)10-3-6-19-14(8-10)4-7-20-9-14/h1-2,5,10,12,18H,3-4,6-9,16H2. The van der Waals surface area contributed by atoms with E-state index in [1.807, 2.05) is 23.9 Å². The van der Waals surface area contributed by atoms with Crippen LogP contribution in [-0.4, -0.2) is 28.7 Å². The zero-order valence-corrected chi connectivity index (χ0v) is 12.9. The number of hydrazine groups is 1. The van der Waals surface area contributed by atoms with Crippen LogP contribution in [0.4, 0.5) is 0 Å². The number of nitrogens with two attached hydrogens (primary N) is 1.